The molecule has 17 heavy (non-hydrogen) atoms. The van der Waals surface area contributed by atoms with Crippen LogP contribution in [0, 0.1) is 5.82 Å². The lowest BCUT2D eigenvalue weighted by Gasteiger charge is -2.08. The van der Waals surface area contributed by atoms with Gasteiger partial charge in [-0.25, -0.2) is 4.39 Å². The molecule has 0 atom stereocenters. The summed E-state index contributed by atoms with van der Waals surface area (Å²) < 4.78 is 13.4. The van der Waals surface area contributed by atoms with Gasteiger partial charge in [-0.05, 0) is 42.5 Å². The summed E-state index contributed by atoms with van der Waals surface area (Å²) in [5, 5.41) is 3.63. The van der Waals surface area contributed by atoms with Crippen LogP contribution in [0.25, 0.3) is 0 Å². The number of nitrogen functional groups attached to an aromatic ring is 1. The second-order valence-electron chi connectivity index (χ2n) is 3.71. The van der Waals surface area contributed by atoms with Gasteiger partial charge in [0.1, 0.15) is 5.82 Å². The average Bonchev–Trinajstić information content (AvgIpc) is 2.32. The number of rotatable bonds is 3. The molecule has 0 radical (unpaired) electrons. The second kappa shape index (κ2) is 5.06. The molecule has 0 aliphatic carbocycles. The van der Waals surface area contributed by atoms with Crippen LogP contribution in [0.15, 0.2) is 42.5 Å². The minimum atomic E-state index is -0.266. The Kier molecular flexibility index (Phi) is 3.49. The fourth-order valence-corrected chi connectivity index (χ4v) is 1.67. The third-order valence-corrected chi connectivity index (χ3v) is 2.64. The molecule has 2 nitrogen and oxygen atoms in total. The van der Waals surface area contributed by atoms with Crippen molar-refractivity contribution in [2.45, 2.75) is 6.54 Å². The normalized spacial score (nSPS) is 10.2. The Morgan fingerprint density at radius 2 is 1.82 bits per heavy atom. The summed E-state index contributed by atoms with van der Waals surface area (Å²) in [4.78, 5) is 0. The van der Waals surface area contributed by atoms with Crippen LogP contribution in [0.2, 0.25) is 5.02 Å². The van der Waals surface area contributed by atoms with Crippen molar-refractivity contribution in [1.29, 1.82) is 0 Å². The SMILES string of the molecule is Nc1ccc(NCc2cc(Cl)ccc2F)cc1. The van der Waals surface area contributed by atoms with Crippen LogP contribution in [-0.2, 0) is 6.54 Å². The molecule has 2 rings (SSSR count). The predicted molar refractivity (Wildman–Crippen MR) is 69.6 cm³/mol. The van der Waals surface area contributed by atoms with E-state index in [9.17, 15) is 4.39 Å². The van der Waals surface area contributed by atoms with E-state index in [2.05, 4.69) is 5.32 Å². The highest BCUT2D eigenvalue weighted by Crippen LogP contribution is 2.17. The number of hydrogen-bond acceptors (Lipinski definition) is 2. The van der Waals surface area contributed by atoms with E-state index in [1.165, 1.54) is 12.1 Å². The maximum Gasteiger partial charge on any atom is 0.128 e. The molecule has 88 valence electrons. The first kappa shape index (κ1) is 11.7. The van der Waals surface area contributed by atoms with Crippen LogP contribution < -0.4 is 11.1 Å². The summed E-state index contributed by atoms with van der Waals surface area (Å²) in [5.41, 5.74) is 7.70. The Morgan fingerprint density at radius 3 is 2.53 bits per heavy atom. The minimum Gasteiger partial charge on any atom is -0.399 e. The quantitative estimate of drug-likeness (QED) is 0.816. The van der Waals surface area contributed by atoms with Crippen molar-refractivity contribution in [2.75, 3.05) is 11.1 Å². The summed E-state index contributed by atoms with van der Waals surface area (Å²) in [6.07, 6.45) is 0. The van der Waals surface area contributed by atoms with Crippen LogP contribution in [0.3, 0.4) is 0 Å². The number of anilines is 2. The summed E-state index contributed by atoms with van der Waals surface area (Å²) in [6.45, 7) is 0.385. The lowest BCUT2D eigenvalue weighted by Crippen LogP contribution is -2.01. The first-order chi connectivity index (χ1) is 8.15. The zero-order valence-corrected chi connectivity index (χ0v) is 9.84. The van der Waals surface area contributed by atoms with E-state index >= 15 is 0 Å². The van der Waals surface area contributed by atoms with Gasteiger partial charge in [-0.15, -0.1) is 0 Å². The van der Waals surface area contributed by atoms with Crippen molar-refractivity contribution in [3.05, 3.63) is 58.9 Å². The van der Waals surface area contributed by atoms with E-state index in [1.807, 2.05) is 12.1 Å². The van der Waals surface area contributed by atoms with Crippen molar-refractivity contribution < 1.29 is 4.39 Å². The van der Waals surface area contributed by atoms with Gasteiger partial charge in [-0.2, -0.15) is 0 Å². The first-order valence-electron chi connectivity index (χ1n) is 5.18. The molecule has 4 heteroatoms. The molecule has 2 aromatic carbocycles. The monoisotopic (exact) mass is 250 g/mol. The minimum absolute atomic E-state index is 0.266. The van der Waals surface area contributed by atoms with Crippen molar-refractivity contribution in [3.8, 4) is 0 Å². The van der Waals surface area contributed by atoms with Gasteiger partial charge in [0.15, 0.2) is 0 Å². The lowest BCUT2D eigenvalue weighted by molar-refractivity contribution is 0.613. The molecule has 0 aliphatic rings. The van der Waals surface area contributed by atoms with E-state index in [-0.39, 0.29) is 5.82 Å². The Balaban J connectivity index is 2.07. The van der Waals surface area contributed by atoms with Gasteiger partial charge >= 0.3 is 0 Å². The number of nitrogens with two attached hydrogens (primary N) is 1. The van der Waals surface area contributed by atoms with E-state index < -0.39 is 0 Å². The average molecular weight is 251 g/mol. The highest BCUT2D eigenvalue weighted by Gasteiger charge is 2.02. The second-order valence-corrected chi connectivity index (χ2v) is 4.15. The molecule has 3 N–H and O–H groups in total. The van der Waals surface area contributed by atoms with E-state index in [0.717, 1.165) is 5.69 Å². The fraction of sp³-hybridized carbons (Fsp3) is 0.0769. The van der Waals surface area contributed by atoms with E-state index in [1.54, 1.807) is 18.2 Å². The molecule has 0 saturated carbocycles. The third-order valence-electron chi connectivity index (χ3n) is 2.40. The summed E-state index contributed by atoms with van der Waals surface area (Å²) in [6, 6.07) is 11.8. The highest BCUT2D eigenvalue weighted by molar-refractivity contribution is 6.30. The molecule has 0 bridgehead atoms. The zero-order valence-electron chi connectivity index (χ0n) is 9.08. The number of halogens is 2. The molecule has 2 aromatic rings. The van der Waals surface area contributed by atoms with Gasteiger partial charge in [0.05, 0.1) is 0 Å². The summed E-state index contributed by atoms with van der Waals surface area (Å²) in [7, 11) is 0. The molecule has 0 unspecified atom stereocenters. The lowest BCUT2D eigenvalue weighted by atomic mass is 10.2. The maximum atomic E-state index is 13.4. The Hall–Kier alpha value is -1.74. The van der Waals surface area contributed by atoms with Crippen LogP contribution in [0.5, 0.6) is 0 Å². The molecule has 0 aromatic heterocycles. The Labute approximate surface area is 104 Å². The van der Waals surface area contributed by atoms with E-state index in [0.29, 0.717) is 22.8 Å². The fourth-order valence-electron chi connectivity index (χ4n) is 1.48. The van der Waals surface area contributed by atoms with Gasteiger partial charge in [0, 0.05) is 28.5 Å². The molecule has 0 fully saturated rings. The number of benzene rings is 2. The topological polar surface area (TPSA) is 38.0 Å². The van der Waals surface area contributed by atoms with Crippen molar-refractivity contribution in [1.82, 2.24) is 0 Å². The number of nitrogens with one attached hydrogen (secondary N) is 1. The molecule has 0 spiro atoms. The predicted octanol–water partition coefficient (Wildman–Crippen LogP) is 3.67. The van der Waals surface area contributed by atoms with Crippen LogP contribution in [0.4, 0.5) is 15.8 Å². The van der Waals surface area contributed by atoms with E-state index in [4.69, 9.17) is 17.3 Å². The van der Waals surface area contributed by atoms with Crippen LogP contribution >= 0.6 is 11.6 Å². The molecular formula is C13H12ClFN2. The van der Waals surface area contributed by atoms with Gasteiger partial charge in [-0.1, -0.05) is 11.6 Å². The maximum absolute atomic E-state index is 13.4. The molecule has 0 amide bonds. The zero-order chi connectivity index (χ0) is 12.3. The largest absolute Gasteiger partial charge is 0.399 e. The number of hydrogen-bond donors (Lipinski definition) is 2. The van der Waals surface area contributed by atoms with Gasteiger partial charge in [0.2, 0.25) is 0 Å². The smallest absolute Gasteiger partial charge is 0.128 e. The van der Waals surface area contributed by atoms with Crippen molar-refractivity contribution >= 4 is 23.0 Å². The molecule has 0 heterocycles. The van der Waals surface area contributed by atoms with Gasteiger partial charge in [0.25, 0.3) is 0 Å². The van der Waals surface area contributed by atoms with Gasteiger partial charge < -0.3 is 11.1 Å². The van der Waals surface area contributed by atoms with Gasteiger partial charge in [-0.3, -0.25) is 0 Å². The van der Waals surface area contributed by atoms with Crippen molar-refractivity contribution in [2.24, 2.45) is 0 Å². The third kappa shape index (κ3) is 3.11. The Morgan fingerprint density at radius 1 is 1.12 bits per heavy atom. The van der Waals surface area contributed by atoms with Crippen LogP contribution in [0.1, 0.15) is 5.56 Å². The standard InChI is InChI=1S/C13H12ClFN2/c14-10-1-6-13(15)9(7-10)8-17-12-4-2-11(16)3-5-12/h1-7,17H,8,16H2. The highest BCUT2D eigenvalue weighted by atomic mass is 35.5. The summed E-state index contributed by atoms with van der Waals surface area (Å²) >= 11 is 5.81. The van der Waals surface area contributed by atoms with Crippen molar-refractivity contribution in [3.63, 3.8) is 0 Å². The molecule has 0 saturated heterocycles. The Bertz CT molecular complexity index is 511. The molecule has 0 aliphatic heterocycles. The van der Waals surface area contributed by atoms with Crippen LogP contribution in [-0.4, -0.2) is 0 Å². The first-order valence-corrected chi connectivity index (χ1v) is 5.56. The molecular weight excluding hydrogens is 239 g/mol. The summed E-state index contributed by atoms with van der Waals surface area (Å²) in [5.74, 6) is -0.266.